The smallest absolute Gasteiger partial charge is 0.273 e. The summed E-state index contributed by atoms with van der Waals surface area (Å²) in [6, 6.07) is 18.8. The molecule has 36 heavy (non-hydrogen) atoms. The molecule has 2 aromatic carbocycles. The third-order valence-corrected chi connectivity index (χ3v) is 5.65. The van der Waals surface area contributed by atoms with Crippen molar-refractivity contribution in [2.75, 3.05) is 0 Å². The maximum atomic E-state index is 12.6. The highest BCUT2D eigenvalue weighted by Crippen LogP contribution is 2.18. The Morgan fingerprint density at radius 3 is 2.47 bits per heavy atom. The average molecular weight is 481 g/mol. The zero-order valence-electron chi connectivity index (χ0n) is 20.1. The molecule has 0 aliphatic rings. The second kappa shape index (κ2) is 11.1. The molecule has 3 N–H and O–H groups in total. The van der Waals surface area contributed by atoms with E-state index in [0.29, 0.717) is 25.3 Å². The summed E-state index contributed by atoms with van der Waals surface area (Å²) in [6.45, 7) is 7.07. The van der Waals surface area contributed by atoms with Crippen molar-refractivity contribution < 1.29 is 4.79 Å². The largest absolute Gasteiger partial charge is 0.399 e. The topological polar surface area (TPSA) is 108 Å². The number of nitrogens with two attached hydrogens (primary N) is 1. The van der Waals surface area contributed by atoms with Crippen LogP contribution in [-0.2, 0) is 19.6 Å². The fourth-order valence-corrected chi connectivity index (χ4v) is 3.81. The van der Waals surface area contributed by atoms with E-state index in [2.05, 4.69) is 22.2 Å². The van der Waals surface area contributed by atoms with Crippen LogP contribution in [0.4, 0.5) is 0 Å². The summed E-state index contributed by atoms with van der Waals surface area (Å²) >= 11 is 0. The second-order valence-electron chi connectivity index (χ2n) is 8.41. The molecule has 0 saturated heterocycles. The minimum atomic E-state index is -0.301. The molecule has 2 heterocycles. The molecule has 4 aromatic rings. The number of carbonyl (C=O) groups excluding carboxylic acids is 1. The quantitative estimate of drug-likeness (QED) is 0.382. The van der Waals surface area contributed by atoms with Crippen LogP contribution in [0.2, 0.25) is 0 Å². The molecular formula is C28H28N6O2. The van der Waals surface area contributed by atoms with Crippen molar-refractivity contribution in [1.82, 2.24) is 24.9 Å². The first kappa shape index (κ1) is 24.4. The van der Waals surface area contributed by atoms with Crippen LogP contribution in [-0.4, -0.2) is 25.5 Å². The molecule has 0 aliphatic heterocycles. The van der Waals surface area contributed by atoms with Gasteiger partial charge in [-0.25, -0.2) is 4.68 Å². The van der Waals surface area contributed by atoms with Gasteiger partial charge in [-0.1, -0.05) is 66.4 Å². The minimum Gasteiger partial charge on any atom is -0.399 e. The first-order valence-corrected chi connectivity index (χ1v) is 11.5. The molecule has 0 bridgehead atoms. The van der Waals surface area contributed by atoms with Crippen LogP contribution >= 0.6 is 0 Å². The molecule has 1 amide bonds. The Morgan fingerprint density at radius 2 is 1.78 bits per heavy atom. The van der Waals surface area contributed by atoms with E-state index < -0.39 is 0 Å². The molecule has 182 valence electrons. The number of rotatable bonds is 9. The average Bonchev–Trinajstić information content (AvgIpc) is 3.34. The molecular weight excluding hydrogens is 452 g/mol. The monoisotopic (exact) mass is 480 g/mol. The Morgan fingerprint density at radius 1 is 1.06 bits per heavy atom. The standard InChI is InChI=1S/C28H28N6O2/c1-3-6-24-15-23(12-13-25(24)20(2)29)16-30-28(36)26-19-34(32-31-26)18-22-10-8-21(9-11-22)17-33-14-5-4-7-27(33)35/h3-15,19H,2,16-18,29H2,1H3,(H,30,36)/b6-3-. The van der Waals surface area contributed by atoms with Crippen molar-refractivity contribution in [3.8, 4) is 0 Å². The highest BCUT2D eigenvalue weighted by molar-refractivity contribution is 5.91. The molecule has 0 radical (unpaired) electrons. The highest BCUT2D eigenvalue weighted by Gasteiger charge is 2.12. The lowest BCUT2D eigenvalue weighted by atomic mass is 10.0. The molecule has 4 rings (SSSR count). The van der Waals surface area contributed by atoms with E-state index in [-0.39, 0.29) is 17.2 Å². The van der Waals surface area contributed by atoms with E-state index in [9.17, 15) is 9.59 Å². The number of pyridine rings is 1. The molecule has 8 nitrogen and oxygen atoms in total. The number of hydrogen-bond donors (Lipinski definition) is 2. The second-order valence-corrected chi connectivity index (χ2v) is 8.41. The number of amides is 1. The van der Waals surface area contributed by atoms with Crippen LogP contribution in [0.5, 0.6) is 0 Å². The van der Waals surface area contributed by atoms with Crippen LogP contribution in [0, 0.1) is 0 Å². The zero-order valence-corrected chi connectivity index (χ0v) is 20.1. The predicted octanol–water partition coefficient (Wildman–Crippen LogP) is 3.43. The van der Waals surface area contributed by atoms with E-state index in [0.717, 1.165) is 27.8 Å². The summed E-state index contributed by atoms with van der Waals surface area (Å²) in [4.78, 5) is 24.5. The Bertz CT molecular complexity index is 1460. The molecule has 0 aliphatic carbocycles. The number of aromatic nitrogens is 4. The summed E-state index contributed by atoms with van der Waals surface area (Å²) in [5, 5.41) is 11.0. The maximum absolute atomic E-state index is 12.6. The van der Waals surface area contributed by atoms with Crippen LogP contribution in [0.1, 0.15) is 45.2 Å². The van der Waals surface area contributed by atoms with Gasteiger partial charge in [0, 0.05) is 30.1 Å². The van der Waals surface area contributed by atoms with Gasteiger partial charge in [-0.2, -0.15) is 0 Å². The number of benzene rings is 2. The maximum Gasteiger partial charge on any atom is 0.273 e. The summed E-state index contributed by atoms with van der Waals surface area (Å²) in [5.74, 6) is -0.301. The summed E-state index contributed by atoms with van der Waals surface area (Å²) < 4.78 is 3.28. The van der Waals surface area contributed by atoms with E-state index >= 15 is 0 Å². The molecule has 0 fully saturated rings. The van der Waals surface area contributed by atoms with Crippen LogP contribution < -0.4 is 16.6 Å². The number of hydrogen-bond acceptors (Lipinski definition) is 5. The highest BCUT2D eigenvalue weighted by atomic mass is 16.2. The van der Waals surface area contributed by atoms with Crippen molar-refractivity contribution >= 4 is 17.7 Å². The van der Waals surface area contributed by atoms with Gasteiger partial charge < -0.3 is 15.6 Å². The number of allylic oxidation sites excluding steroid dienone is 1. The van der Waals surface area contributed by atoms with Crippen LogP contribution in [0.15, 0.2) is 90.5 Å². The Kier molecular flexibility index (Phi) is 7.55. The molecule has 0 spiro atoms. The van der Waals surface area contributed by atoms with Gasteiger partial charge >= 0.3 is 0 Å². The normalized spacial score (nSPS) is 11.0. The van der Waals surface area contributed by atoms with Crippen LogP contribution in [0.25, 0.3) is 11.8 Å². The Labute approximate surface area is 209 Å². The van der Waals surface area contributed by atoms with Crippen LogP contribution in [0.3, 0.4) is 0 Å². The SMILES string of the molecule is C=C(N)c1ccc(CNC(=O)c2cn(Cc3ccc(Cn4ccccc4=O)cc3)nn2)cc1/C=C\C. The fraction of sp³-hybridized carbons (Fsp3) is 0.143. The van der Waals surface area contributed by atoms with Gasteiger partial charge in [-0.05, 0) is 41.3 Å². The van der Waals surface area contributed by atoms with Gasteiger partial charge in [0.05, 0.1) is 19.3 Å². The molecule has 2 aromatic heterocycles. The number of nitrogens with zero attached hydrogens (tertiary/aromatic N) is 4. The summed E-state index contributed by atoms with van der Waals surface area (Å²) in [7, 11) is 0. The fourth-order valence-electron chi connectivity index (χ4n) is 3.81. The van der Waals surface area contributed by atoms with E-state index in [1.165, 1.54) is 0 Å². The summed E-state index contributed by atoms with van der Waals surface area (Å²) in [5.41, 5.74) is 11.4. The lowest BCUT2D eigenvalue weighted by Crippen LogP contribution is -2.23. The lowest BCUT2D eigenvalue weighted by molar-refractivity contribution is 0.0946. The summed E-state index contributed by atoms with van der Waals surface area (Å²) in [6.07, 6.45) is 7.28. The molecule has 0 unspecified atom stereocenters. The first-order chi connectivity index (χ1) is 17.4. The van der Waals surface area contributed by atoms with Crippen molar-refractivity contribution in [1.29, 1.82) is 0 Å². The van der Waals surface area contributed by atoms with Crippen molar-refractivity contribution in [3.05, 3.63) is 130 Å². The van der Waals surface area contributed by atoms with E-state index in [1.807, 2.05) is 67.6 Å². The van der Waals surface area contributed by atoms with E-state index in [1.54, 1.807) is 33.8 Å². The Balaban J connectivity index is 1.35. The van der Waals surface area contributed by atoms with E-state index in [4.69, 9.17) is 5.73 Å². The first-order valence-electron chi connectivity index (χ1n) is 11.5. The third-order valence-electron chi connectivity index (χ3n) is 5.65. The van der Waals surface area contributed by atoms with Gasteiger partial charge in [-0.15, -0.1) is 5.10 Å². The van der Waals surface area contributed by atoms with Gasteiger partial charge in [0.1, 0.15) is 0 Å². The van der Waals surface area contributed by atoms with Crippen molar-refractivity contribution in [2.45, 2.75) is 26.6 Å². The van der Waals surface area contributed by atoms with Crippen molar-refractivity contribution in [3.63, 3.8) is 0 Å². The predicted molar refractivity (Wildman–Crippen MR) is 141 cm³/mol. The van der Waals surface area contributed by atoms with Crippen molar-refractivity contribution in [2.24, 2.45) is 5.73 Å². The third kappa shape index (κ3) is 6.04. The number of carbonyl (C=O) groups is 1. The Hall–Kier alpha value is -4.72. The van der Waals surface area contributed by atoms with Gasteiger partial charge in [0.2, 0.25) is 0 Å². The minimum absolute atomic E-state index is 0.0355. The lowest BCUT2D eigenvalue weighted by Gasteiger charge is -2.09. The molecule has 0 saturated carbocycles. The molecule has 8 heteroatoms. The van der Waals surface area contributed by atoms with Gasteiger partial charge in [0.25, 0.3) is 11.5 Å². The van der Waals surface area contributed by atoms with Gasteiger partial charge in [-0.3, -0.25) is 9.59 Å². The van der Waals surface area contributed by atoms with Gasteiger partial charge in [0.15, 0.2) is 5.69 Å². The molecule has 0 atom stereocenters. The number of nitrogens with one attached hydrogen (secondary N) is 1. The zero-order chi connectivity index (χ0) is 25.5.